The number of likely N-dealkylation sites (tertiary alicyclic amines) is 1. The van der Waals surface area contributed by atoms with Gasteiger partial charge < -0.3 is 33.7 Å². The van der Waals surface area contributed by atoms with Crippen LogP contribution in [0.25, 0.3) is 0 Å². The molecule has 1 saturated carbocycles. The molecule has 1 aliphatic heterocycles. The molecule has 1 aromatic carbocycles. The summed E-state index contributed by atoms with van der Waals surface area (Å²) in [6.45, 7) is 15.4. The average Bonchev–Trinajstić information content (AvgIpc) is 3.47. The number of nitrogens with one attached hydrogen (secondary N) is 1. The van der Waals surface area contributed by atoms with Crippen molar-refractivity contribution in [3.8, 4) is 5.75 Å². The minimum Gasteiger partial charge on any atom is -0.497 e. The molecule has 0 aromatic heterocycles. The molecule has 1 aromatic rings. The third-order valence-corrected chi connectivity index (χ3v) is 7.22. The van der Waals surface area contributed by atoms with Gasteiger partial charge in [-0.3, -0.25) is 4.90 Å². The molecular formula is C33H50N2O10. The smallest absolute Gasteiger partial charge is 0.497 e. The van der Waals surface area contributed by atoms with Crippen LogP contribution in [0, 0.1) is 0 Å². The molecule has 2 fully saturated rings. The second kappa shape index (κ2) is 13.7. The minimum atomic E-state index is -1.34. The molecule has 1 saturated heterocycles. The Labute approximate surface area is 266 Å². The highest BCUT2D eigenvalue weighted by atomic mass is 16.7. The van der Waals surface area contributed by atoms with Crippen LogP contribution < -0.4 is 10.1 Å². The van der Waals surface area contributed by atoms with Crippen LogP contribution in [-0.2, 0) is 34.9 Å². The van der Waals surface area contributed by atoms with Crippen molar-refractivity contribution in [3.05, 3.63) is 29.8 Å². The van der Waals surface area contributed by atoms with E-state index in [1.165, 1.54) is 4.90 Å². The molecule has 0 unspecified atom stereocenters. The van der Waals surface area contributed by atoms with Gasteiger partial charge in [0.1, 0.15) is 28.1 Å². The van der Waals surface area contributed by atoms with Crippen molar-refractivity contribution in [2.75, 3.05) is 13.7 Å². The highest BCUT2D eigenvalue weighted by Crippen LogP contribution is 2.35. The third kappa shape index (κ3) is 10.4. The number of nitrogens with zero attached hydrogens (tertiary/aromatic N) is 1. The molecule has 1 heterocycles. The lowest BCUT2D eigenvalue weighted by Crippen LogP contribution is -2.56. The number of carbonyl (C=O) groups excluding carboxylic acids is 4. The molecule has 2 aliphatic rings. The van der Waals surface area contributed by atoms with Crippen LogP contribution in [-0.4, -0.2) is 83.5 Å². The number of benzene rings is 1. The molecule has 0 radical (unpaired) electrons. The fourth-order valence-electron chi connectivity index (χ4n) is 5.37. The first kappa shape index (κ1) is 35.8. The first-order chi connectivity index (χ1) is 20.7. The summed E-state index contributed by atoms with van der Waals surface area (Å²) < 4.78 is 33.8. The molecule has 3 atom stereocenters. The Balaban J connectivity index is 2.00. The molecule has 1 N–H and O–H groups in total. The quantitative estimate of drug-likeness (QED) is 0.284. The van der Waals surface area contributed by atoms with Gasteiger partial charge in [0.25, 0.3) is 0 Å². The van der Waals surface area contributed by atoms with E-state index in [0.29, 0.717) is 31.4 Å². The molecule has 3 rings (SSSR count). The number of amides is 2. The molecular weight excluding hydrogens is 584 g/mol. The number of hydrogen-bond donors (Lipinski definition) is 1. The van der Waals surface area contributed by atoms with E-state index >= 15 is 0 Å². The Kier molecular flexibility index (Phi) is 10.9. The average molecular weight is 635 g/mol. The number of rotatable bonds is 7. The van der Waals surface area contributed by atoms with Gasteiger partial charge in [0.15, 0.2) is 12.2 Å². The first-order valence-corrected chi connectivity index (χ1v) is 15.4. The van der Waals surface area contributed by atoms with E-state index in [0.717, 1.165) is 5.56 Å². The van der Waals surface area contributed by atoms with E-state index in [1.807, 2.05) is 12.1 Å². The van der Waals surface area contributed by atoms with Crippen LogP contribution >= 0.6 is 0 Å². The van der Waals surface area contributed by atoms with Crippen molar-refractivity contribution >= 4 is 24.3 Å². The number of esters is 1. The van der Waals surface area contributed by atoms with Gasteiger partial charge in [-0.25, -0.2) is 19.2 Å². The van der Waals surface area contributed by atoms with E-state index in [2.05, 4.69) is 5.32 Å². The highest BCUT2D eigenvalue weighted by molar-refractivity contribution is 5.86. The predicted octanol–water partition coefficient (Wildman–Crippen LogP) is 5.93. The topological polar surface area (TPSA) is 139 Å². The zero-order chi connectivity index (χ0) is 33.8. The van der Waals surface area contributed by atoms with Gasteiger partial charge in [-0.1, -0.05) is 25.0 Å². The summed E-state index contributed by atoms with van der Waals surface area (Å²) >= 11 is 0. The second-order valence-corrected chi connectivity index (χ2v) is 14.7. The Morgan fingerprint density at radius 1 is 0.822 bits per heavy atom. The standard InChI is InChI=1S/C33H50N2O10/c1-30(2,3)43-27(37)34-33(17-11-12-18-33)26(36)42-25-23(19-21-13-15-22(40-10)16-14-21)35(28(38)44-31(4,5)6)20-24(25)41-29(39)45-32(7,8)9/h13-16,23-25H,11-12,17-20H2,1-10H3,(H,34,37)/t23-,24+,25+/m1/s1. The lowest BCUT2D eigenvalue weighted by molar-refractivity contribution is -0.163. The molecule has 2 amide bonds. The van der Waals surface area contributed by atoms with Gasteiger partial charge in [-0.2, -0.15) is 0 Å². The van der Waals surface area contributed by atoms with Crippen molar-refractivity contribution in [2.45, 2.75) is 135 Å². The SMILES string of the molecule is COc1ccc(C[C@@H]2[C@H](OC(=O)C3(NC(=O)OC(C)(C)C)CCCC3)[C@@H](OC(=O)OC(C)(C)C)CN2C(=O)OC(C)(C)C)cc1. The van der Waals surface area contributed by atoms with Crippen molar-refractivity contribution in [1.29, 1.82) is 0 Å². The molecule has 45 heavy (non-hydrogen) atoms. The number of methoxy groups -OCH3 is 1. The monoisotopic (exact) mass is 634 g/mol. The van der Waals surface area contributed by atoms with E-state index in [1.54, 1.807) is 81.6 Å². The maximum absolute atomic E-state index is 14.1. The predicted molar refractivity (Wildman–Crippen MR) is 165 cm³/mol. The lowest BCUT2D eigenvalue weighted by atomic mass is 9.96. The third-order valence-electron chi connectivity index (χ3n) is 7.22. The van der Waals surface area contributed by atoms with E-state index in [9.17, 15) is 19.2 Å². The van der Waals surface area contributed by atoms with Gasteiger partial charge in [0.05, 0.1) is 19.7 Å². The molecule has 1 aliphatic carbocycles. The maximum atomic E-state index is 14.1. The molecule has 252 valence electrons. The minimum absolute atomic E-state index is 0.112. The zero-order valence-corrected chi connectivity index (χ0v) is 28.3. The highest BCUT2D eigenvalue weighted by Gasteiger charge is 2.53. The fraction of sp³-hybridized carbons (Fsp3) is 0.697. The molecule has 12 nitrogen and oxygen atoms in total. The first-order valence-electron chi connectivity index (χ1n) is 15.4. The molecule has 0 bridgehead atoms. The summed E-state index contributed by atoms with van der Waals surface area (Å²) in [6.07, 6.45) is -2.26. The molecule has 0 spiro atoms. The summed E-state index contributed by atoms with van der Waals surface area (Å²) in [5.41, 5.74) is -2.97. The maximum Gasteiger partial charge on any atom is 0.509 e. The van der Waals surface area contributed by atoms with Crippen LogP contribution in [0.3, 0.4) is 0 Å². The number of hydrogen-bond acceptors (Lipinski definition) is 10. The summed E-state index contributed by atoms with van der Waals surface area (Å²) in [4.78, 5) is 54.7. The van der Waals surface area contributed by atoms with Crippen molar-refractivity contribution in [2.24, 2.45) is 0 Å². The van der Waals surface area contributed by atoms with Crippen LogP contribution in [0.1, 0.15) is 93.6 Å². The number of alkyl carbamates (subject to hydrolysis) is 1. The number of carbonyl (C=O) groups is 4. The molecule has 12 heteroatoms. The largest absolute Gasteiger partial charge is 0.509 e. The Morgan fingerprint density at radius 3 is 1.89 bits per heavy atom. The van der Waals surface area contributed by atoms with Crippen molar-refractivity contribution < 1.29 is 47.6 Å². The Bertz CT molecular complexity index is 1200. The van der Waals surface area contributed by atoms with Gasteiger partial charge in [0, 0.05) is 0 Å². The van der Waals surface area contributed by atoms with Gasteiger partial charge >= 0.3 is 24.3 Å². The van der Waals surface area contributed by atoms with Crippen LogP contribution in [0.4, 0.5) is 14.4 Å². The van der Waals surface area contributed by atoms with Crippen molar-refractivity contribution in [3.63, 3.8) is 0 Å². The Hall–Kier alpha value is -3.70. The Morgan fingerprint density at radius 2 is 1.38 bits per heavy atom. The fourth-order valence-corrected chi connectivity index (χ4v) is 5.37. The number of ether oxygens (including phenoxy) is 6. The van der Waals surface area contributed by atoms with Crippen LogP contribution in [0.2, 0.25) is 0 Å². The van der Waals surface area contributed by atoms with Gasteiger partial charge in [-0.15, -0.1) is 0 Å². The summed E-state index contributed by atoms with van der Waals surface area (Å²) in [7, 11) is 1.56. The van der Waals surface area contributed by atoms with E-state index < -0.39 is 64.9 Å². The normalized spacial score (nSPS) is 21.5. The van der Waals surface area contributed by atoms with Gasteiger partial charge in [0.2, 0.25) is 0 Å². The zero-order valence-electron chi connectivity index (χ0n) is 28.3. The van der Waals surface area contributed by atoms with Crippen molar-refractivity contribution in [1.82, 2.24) is 10.2 Å². The van der Waals surface area contributed by atoms with E-state index in [4.69, 9.17) is 28.4 Å². The van der Waals surface area contributed by atoms with E-state index in [-0.39, 0.29) is 13.0 Å². The van der Waals surface area contributed by atoms with Gasteiger partial charge in [-0.05, 0) is 99.3 Å². The van der Waals surface area contributed by atoms with Crippen LogP contribution in [0.15, 0.2) is 24.3 Å². The van der Waals surface area contributed by atoms with Crippen LogP contribution in [0.5, 0.6) is 5.75 Å². The summed E-state index contributed by atoms with van der Waals surface area (Å²) in [5.74, 6) is -0.0425. The lowest BCUT2D eigenvalue weighted by Gasteiger charge is -2.34. The summed E-state index contributed by atoms with van der Waals surface area (Å²) in [6, 6.07) is 6.47. The second-order valence-electron chi connectivity index (χ2n) is 14.7. The summed E-state index contributed by atoms with van der Waals surface area (Å²) in [5, 5.41) is 2.76.